The van der Waals surface area contributed by atoms with E-state index in [1.54, 1.807) is 40.2 Å². The molecule has 66 heavy (non-hydrogen) atoms. The Morgan fingerprint density at radius 1 is 0.803 bits per heavy atom. The van der Waals surface area contributed by atoms with E-state index in [0.29, 0.717) is 57.1 Å². The molecule has 17 nitrogen and oxygen atoms in total. The zero-order valence-electron chi connectivity index (χ0n) is 36.3. The number of nitrogens with zero attached hydrogens (tertiary/aromatic N) is 11. The van der Waals surface area contributed by atoms with Crippen LogP contribution in [-0.2, 0) is 13.6 Å². The number of hydrogen-bond donors (Lipinski definition) is 3. The molecule has 0 aliphatic heterocycles. The van der Waals surface area contributed by atoms with Gasteiger partial charge in [-0.2, -0.15) is 35.6 Å². The molecule has 0 amide bonds. The van der Waals surface area contributed by atoms with Crippen molar-refractivity contribution >= 4 is 56.4 Å². The molecule has 4 atom stereocenters. The van der Waals surface area contributed by atoms with E-state index < -0.39 is 0 Å². The second-order valence-corrected chi connectivity index (χ2v) is 17.6. The van der Waals surface area contributed by atoms with Gasteiger partial charge in [0, 0.05) is 60.1 Å². The minimum Gasteiger partial charge on any atom is -0.409 e. The summed E-state index contributed by atoms with van der Waals surface area (Å²) in [4.78, 5) is 36.2. The maximum absolute atomic E-state index is 14.3. The molecule has 0 radical (unpaired) electrons. The Morgan fingerprint density at radius 2 is 1.52 bits per heavy atom. The van der Waals surface area contributed by atoms with Gasteiger partial charge >= 0.3 is 0 Å². The SMILES string of the molecule is Cn1cc(-c2ccc(Nc3nn(C4CCCCC4CC#N)c4ccn(OCCn5cc(-c6ccc(Nc7nn(C8CCCCC8C#N)c8cc[nH]c(=O)c78)cc6)cn5)c(=O)c34)cc2Cl)cn1. The van der Waals surface area contributed by atoms with Crippen LogP contribution in [0.15, 0.2) is 101 Å². The molecule has 2 saturated carbocycles. The summed E-state index contributed by atoms with van der Waals surface area (Å²) in [6, 6.07) is 21.8. The highest BCUT2D eigenvalue weighted by Crippen LogP contribution is 2.40. The number of aryl methyl sites for hydroxylation is 1. The largest absolute Gasteiger partial charge is 0.409 e. The van der Waals surface area contributed by atoms with Crippen LogP contribution >= 0.6 is 11.6 Å². The van der Waals surface area contributed by atoms with Gasteiger partial charge in [0.15, 0.2) is 11.6 Å². The van der Waals surface area contributed by atoms with Gasteiger partial charge in [-0.3, -0.25) is 28.3 Å². The Kier molecular flexibility index (Phi) is 11.6. The Morgan fingerprint density at radius 3 is 2.29 bits per heavy atom. The van der Waals surface area contributed by atoms with Crippen LogP contribution in [0.1, 0.15) is 69.9 Å². The zero-order valence-corrected chi connectivity index (χ0v) is 37.0. The van der Waals surface area contributed by atoms with E-state index in [4.69, 9.17) is 26.6 Å². The molecule has 10 rings (SSSR count). The fourth-order valence-corrected chi connectivity index (χ4v) is 10.0. The van der Waals surface area contributed by atoms with Crippen molar-refractivity contribution < 1.29 is 4.84 Å². The lowest BCUT2D eigenvalue weighted by Crippen LogP contribution is -2.29. The number of nitrogens with one attached hydrogen (secondary N) is 3. The molecule has 0 bridgehead atoms. The van der Waals surface area contributed by atoms with Crippen LogP contribution in [0.25, 0.3) is 44.1 Å². The molecule has 3 N–H and O–H groups in total. The van der Waals surface area contributed by atoms with E-state index in [-0.39, 0.29) is 41.6 Å². The van der Waals surface area contributed by atoms with Crippen molar-refractivity contribution in [2.45, 2.75) is 76.4 Å². The fourth-order valence-electron chi connectivity index (χ4n) is 9.71. The number of H-pyrrole nitrogens is 1. The molecular formula is C48H47ClN14O3. The standard InChI is InChI=1S/C48H47ClN14O3/c1-59-28-34(27-53-59)37-15-14-36(24-38(37)49)56-46-44-42(62(58-46)39-8-4-2-6-31(39)16-19-50)18-21-61(48(44)65)66-23-22-60-29-33(26-54-60)30-10-12-35(13-11-30)55-45-43-41(17-20-52-47(43)64)63(57-45)40-9-5-3-7-32(40)25-51/h10-15,17-18,20-21,24,26-29,31-32,39-40H,2-9,16,22-23H2,1H3,(H,52,64)(H,55,57)(H,56,58). The number of benzene rings is 2. The molecule has 0 spiro atoms. The van der Waals surface area contributed by atoms with Gasteiger partial charge in [0.25, 0.3) is 11.1 Å². The smallest absolute Gasteiger partial charge is 0.296 e. The first-order chi connectivity index (χ1) is 32.3. The van der Waals surface area contributed by atoms with Crippen molar-refractivity contribution in [1.29, 1.82) is 10.5 Å². The van der Waals surface area contributed by atoms with Crippen LogP contribution in [0.4, 0.5) is 23.0 Å². The van der Waals surface area contributed by atoms with E-state index in [9.17, 15) is 20.1 Å². The lowest BCUT2D eigenvalue weighted by molar-refractivity contribution is 0.0944. The maximum Gasteiger partial charge on any atom is 0.296 e. The first-order valence-corrected chi connectivity index (χ1v) is 22.7. The monoisotopic (exact) mass is 902 g/mol. The van der Waals surface area contributed by atoms with Gasteiger partial charge in [-0.1, -0.05) is 55.5 Å². The number of fused-ring (bicyclic) bond motifs is 2. The average Bonchev–Trinajstić information content (AvgIpc) is 4.14. The highest BCUT2D eigenvalue weighted by molar-refractivity contribution is 6.33. The highest BCUT2D eigenvalue weighted by Gasteiger charge is 2.32. The predicted molar refractivity (Wildman–Crippen MR) is 252 cm³/mol. The summed E-state index contributed by atoms with van der Waals surface area (Å²) in [5, 5.41) is 46.3. The van der Waals surface area contributed by atoms with Gasteiger partial charge < -0.3 is 20.5 Å². The number of pyridine rings is 2. The third-order valence-corrected chi connectivity index (χ3v) is 13.3. The Hall–Kier alpha value is -7.63. The average molecular weight is 903 g/mol. The quantitative estimate of drug-likeness (QED) is 0.0998. The van der Waals surface area contributed by atoms with E-state index in [1.165, 1.54) is 4.73 Å². The molecule has 6 heterocycles. The summed E-state index contributed by atoms with van der Waals surface area (Å²) in [5.74, 6) is 0.780. The number of halogens is 1. The van der Waals surface area contributed by atoms with Gasteiger partial charge in [-0.05, 0) is 73.6 Å². The first-order valence-electron chi connectivity index (χ1n) is 22.4. The maximum atomic E-state index is 14.3. The summed E-state index contributed by atoms with van der Waals surface area (Å²) in [5.41, 5.74) is 5.71. The van der Waals surface area contributed by atoms with Crippen molar-refractivity contribution in [3.63, 3.8) is 0 Å². The second kappa shape index (κ2) is 18.1. The summed E-state index contributed by atoms with van der Waals surface area (Å²) in [6.07, 6.45) is 18.5. The molecule has 2 aromatic carbocycles. The topological polar surface area (TPSA) is 207 Å². The van der Waals surface area contributed by atoms with Gasteiger partial charge in [0.2, 0.25) is 0 Å². The van der Waals surface area contributed by atoms with E-state index >= 15 is 0 Å². The summed E-state index contributed by atoms with van der Waals surface area (Å²) < 4.78 is 8.50. The van der Waals surface area contributed by atoms with Crippen molar-refractivity contribution in [3.05, 3.63) is 118 Å². The van der Waals surface area contributed by atoms with Crippen molar-refractivity contribution in [1.82, 2.24) is 48.8 Å². The number of nitriles is 2. The van der Waals surface area contributed by atoms with Crippen LogP contribution in [0, 0.1) is 34.5 Å². The van der Waals surface area contributed by atoms with E-state index in [0.717, 1.165) is 79.3 Å². The molecule has 18 heteroatoms. The molecule has 0 saturated heterocycles. The molecule has 2 aliphatic rings. The van der Waals surface area contributed by atoms with E-state index in [2.05, 4.69) is 38.0 Å². The summed E-state index contributed by atoms with van der Waals surface area (Å²) >= 11 is 6.77. The van der Waals surface area contributed by atoms with Gasteiger partial charge in [-0.25, -0.2) is 0 Å². The molecule has 2 fully saturated rings. The number of aromatic amines is 1. The Balaban J connectivity index is 0.851. The third kappa shape index (κ3) is 8.18. The second-order valence-electron chi connectivity index (χ2n) is 17.2. The predicted octanol–water partition coefficient (Wildman–Crippen LogP) is 8.67. The molecule has 4 unspecified atom stereocenters. The third-order valence-electron chi connectivity index (χ3n) is 13.0. The van der Waals surface area contributed by atoms with E-state index in [1.807, 2.05) is 77.3 Å². The van der Waals surface area contributed by atoms with Crippen molar-refractivity contribution in [3.8, 4) is 34.4 Å². The summed E-state index contributed by atoms with van der Waals surface area (Å²) in [7, 11) is 1.85. The number of hydrogen-bond acceptors (Lipinski definition) is 11. The minimum atomic E-state index is -0.369. The fraction of sp³-hybridized carbons (Fsp3) is 0.333. The molecule has 334 valence electrons. The van der Waals surface area contributed by atoms with Crippen LogP contribution in [0.2, 0.25) is 5.02 Å². The molecule has 2 aliphatic carbocycles. The minimum absolute atomic E-state index is 0.0354. The summed E-state index contributed by atoms with van der Waals surface area (Å²) in [6.45, 7) is 0.520. The van der Waals surface area contributed by atoms with Crippen molar-refractivity contribution in [2.75, 3.05) is 17.2 Å². The zero-order chi connectivity index (χ0) is 45.3. The Labute approximate surface area is 383 Å². The lowest BCUT2D eigenvalue weighted by Gasteiger charge is -2.30. The number of anilines is 4. The highest BCUT2D eigenvalue weighted by atomic mass is 35.5. The van der Waals surface area contributed by atoms with Crippen LogP contribution in [0.5, 0.6) is 0 Å². The van der Waals surface area contributed by atoms with Crippen LogP contribution < -0.4 is 26.6 Å². The van der Waals surface area contributed by atoms with Crippen LogP contribution in [0.3, 0.4) is 0 Å². The molecule has 8 aromatic rings. The molecule has 6 aromatic heterocycles. The number of aromatic nitrogens is 10. The number of rotatable bonds is 13. The normalized spacial score (nSPS) is 18.5. The van der Waals surface area contributed by atoms with Gasteiger partial charge in [0.05, 0.1) is 71.3 Å². The van der Waals surface area contributed by atoms with Gasteiger partial charge in [0.1, 0.15) is 17.4 Å². The van der Waals surface area contributed by atoms with Gasteiger partial charge in [-0.15, -0.1) is 0 Å². The first kappa shape index (κ1) is 42.3. The van der Waals surface area contributed by atoms with Crippen LogP contribution in [-0.4, -0.2) is 55.4 Å². The van der Waals surface area contributed by atoms with Crippen molar-refractivity contribution in [2.24, 2.45) is 18.9 Å². The lowest BCUT2D eigenvalue weighted by atomic mass is 9.83. The molecular weight excluding hydrogens is 856 g/mol. The Bertz CT molecular complexity index is 3270.